The Morgan fingerprint density at radius 2 is 1.81 bits per heavy atom. The number of hydrogen-bond donors (Lipinski definition) is 1. The number of benzene rings is 1. The number of nitrogens with one attached hydrogen (secondary N) is 1. The summed E-state index contributed by atoms with van der Waals surface area (Å²) in [5.74, 6) is -2.75. The van der Waals surface area contributed by atoms with Crippen LogP contribution in [0.15, 0.2) is 36.5 Å². The van der Waals surface area contributed by atoms with Crippen molar-refractivity contribution in [3.8, 4) is 0 Å². The largest absolute Gasteiger partial charge is 0.416 e. The molecule has 0 aliphatic heterocycles. The molecule has 0 atom stereocenters. The van der Waals surface area contributed by atoms with Crippen molar-refractivity contribution in [3.63, 3.8) is 0 Å². The Hall–Kier alpha value is -2.51. The molecule has 0 saturated carbocycles. The first-order valence-corrected chi connectivity index (χ1v) is 5.57. The molecule has 110 valence electrons. The Balaban J connectivity index is 2.26. The van der Waals surface area contributed by atoms with Gasteiger partial charge in [-0.3, -0.25) is 4.79 Å². The Kier molecular flexibility index (Phi) is 3.88. The Labute approximate surface area is 115 Å². The number of halogens is 5. The molecule has 1 aromatic carbocycles. The lowest BCUT2D eigenvalue weighted by atomic mass is 10.1. The van der Waals surface area contributed by atoms with Gasteiger partial charge in [0, 0.05) is 6.20 Å². The molecule has 0 fully saturated rings. The first-order valence-electron chi connectivity index (χ1n) is 5.57. The minimum Gasteiger partial charge on any atom is -0.319 e. The van der Waals surface area contributed by atoms with E-state index in [0.29, 0.717) is 18.2 Å². The second-order valence-corrected chi connectivity index (χ2v) is 4.02. The third kappa shape index (κ3) is 3.53. The molecule has 0 aliphatic carbocycles. The molecule has 3 nitrogen and oxygen atoms in total. The maximum atomic E-state index is 13.4. The van der Waals surface area contributed by atoms with Crippen molar-refractivity contribution < 1.29 is 26.7 Å². The van der Waals surface area contributed by atoms with Crippen LogP contribution in [-0.4, -0.2) is 10.9 Å². The van der Waals surface area contributed by atoms with Crippen molar-refractivity contribution in [2.45, 2.75) is 6.18 Å². The van der Waals surface area contributed by atoms with E-state index < -0.39 is 35.1 Å². The van der Waals surface area contributed by atoms with Gasteiger partial charge in [-0.15, -0.1) is 0 Å². The predicted molar refractivity (Wildman–Crippen MR) is 63.6 cm³/mol. The molecule has 2 aromatic rings. The molecular weight excluding hydrogens is 295 g/mol. The van der Waals surface area contributed by atoms with E-state index in [2.05, 4.69) is 4.98 Å². The van der Waals surface area contributed by atoms with Gasteiger partial charge in [0.2, 0.25) is 5.95 Å². The highest BCUT2D eigenvalue weighted by atomic mass is 19.4. The van der Waals surface area contributed by atoms with E-state index in [4.69, 9.17) is 0 Å². The van der Waals surface area contributed by atoms with Gasteiger partial charge in [0.05, 0.1) is 16.8 Å². The van der Waals surface area contributed by atoms with Gasteiger partial charge in [-0.2, -0.15) is 17.6 Å². The number of rotatable bonds is 2. The molecule has 0 bridgehead atoms. The van der Waals surface area contributed by atoms with Gasteiger partial charge < -0.3 is 5.32 Å². The zero-order chi connectivity index (χ0) is 15.6. The number of pyridine rings is 1. The van der Waals surface area contributed by atoms with Gasteiger partial charge in [-0.1, -0.05) is 0 Å². The van der Waals surface area contributed by atoms with Crippen molar-refractivity contribution in [2.75, 3.05) is 5.32 Å². The van der Waals surface area contributed by atoms with E-state index in [1.165, 1.54) is 0 Å². The quantitative estimate of drug-likeness (QED) is 0.680. The summed E-state index contributed by atoms with van der Waals surface area (Å²) in [5, 5.41) is 1.98. The number of hydrogen-bond acceptors (Lipinski definition) is 2. The summed E-state index contributed by atoms with van der Waals surface area (Å²) in [5.41, 5.74) is -1.84. The van der Waals surface area contributed by atoms with Crippen LogP contribution in [0.1, 0.15) is 15.9 Å². The lowest BCUT2D eigenvalue weighted by Gasteiger charge is -2.10. The topological polar surface area (TPSA) is 42.0 Å². The fraction of sp³-hybridized carbons (Fsp3) is 0.0769. The van der Waals surface area contributed by atoms with Gasteiger partial charge >= 0.3 is 6.18 Å². The van der Waals surface area contributed by atoms with Crippen LogP contribution in [0.2, 0.25) is 0 Å². The van der Waals surface area contributed by atoms with E-state index in [1.807, 2.05) is 5.32 Å². The van der Waals surface area contributed by atoms with Crippen LogP contribution in [-0.2, 0) is 6.18 Å². The zero-order valence-corrected chi connectivity index (χ0v) is 10.2. The van der Waals surface area contributed by atoms with Crippen LogP contribution < -0.4 is 5.32 Å². The summed E-state index contributed by atoms with van der Waals surface area (Å²) >= 11 is 0. The molecule has 1 N–H and O–H groups in total. The molecule has 0 saturated heterocycles. The summed E-state index contributed by atoms with van der Waals surface area (Å²) < 4.78 is 63.6. The lowest BCUT2D eigenvalue weighted by Crippen LogP contribution is -2.15. The van der Waals surface area contributed by atoms with Crippen molar-refractivity contribution >= 4 is 11.6 Å². The van der Waals surface area contributed by atoms with Crippen LogP contribution >= 0.6 is 0 Å². The van der Waals surface area contributed by atoms with Crippen molar-refractivity contribution in [2.24, 2.45) is 0 Å². The number of alkyl halides is 3. The Bertz CT molecular complexity index is 667. The normalized spacial score (nSPS) is 11.3. The number of nitrogens with zero attached hydrogens (tertiary/aromatic N) is 1. The molecule has 1 amide bonds. The highest BCUT2D eigenvalue weighted by Gasteiger charge is 2.31. The summed E-state index contributed by atoms with van der Waals surface area (Å²) in [6.07, 6.45) is -3.78. The minimum atomic E-state index is -4.66. The van der Waals surface area contributed by atoms with E-state index >= 15 is 0 Å². The SMILES string of the molecule is O=C(Nc1cc(C(F)(F)F)ccc1F)c1ccc(F)nc1. The van der Waals surface area contributed by atoms with Crippen molar-refractivity contribution in [3.05, 3.63) is 59.4 Å². The minimum absolute atomic E-state index is 0.117. The molecule has 0 unspecified atom stereocenters. The van der Waals surface area contributed by atoms with E-state index in [1.54, 1.807) is 0 Å². The second-order valence-electron chi connectivity index (χ2n) is 4.02. The van der Waals surface area contributed by atoms with Crippen LogP contribution in [0, 0.1) is 11.8 Å². The molecule has 8 heteroatoms. The van der Waals surface area contributed by atoms with Gasteiger partial charge in [-0.05, 0) is 30.3 Å². The predicted octanol–water partition coefficient (Wildman–Crippen LogP) is 3.63. The van der Waals surface area contributed by atoms with Gasteiger partial charge in [0.25, 0.3) is 5.91 Å². The molecule has 1 aromatic heterocycles. The monoisotopic (exact) mass is 302 g/mol. The summed E-state index contributed by atoms with van der Waals surface area (Å²) in [4.78, 5) is 14.9. The summed E-state index contributed by atoms with van der Waals surface area (Å²) in [7, 11) is 0. The maximum absolute atomic E-state index is 13.4. The van der Waals surface area contributed by atoms with Gasteiger partial charge in [0.15, 0.2) is 0 Å². The zero-order valence-electron chi connectivity index (χ0n) is 10.2. The van der Waals surface area contributed by atoms with Gasteiger partial charge in [-0.25, -0.2) is 9.37 Å². The average molecular weight is 302 g/mol. The third-order valence-corrected chi connectivity index (χ3v) is 2.53. The smallest absolute Gasteiger partial charge is 0.319 e. The molecule has 21 heavy (non-hydrogen) atoms. The Morgan fingerprint density at radius 1 is 1.10 bits per heavy atom. The number of anilines is 1. The van der Waals surface area contributed by atoms with Crippen LogP contribution in [0.3, 0.4) is 0 Å². The standard InChI is InChI=1S/C13H7F5N2O/c14-9-3-2-8(13(16,17)18)5-10(9)20-12(21)7-1-4-11(15)19-6-7/h1-6H,(H,20,21). The molecule has 0 spiro atoms. The average Bonchev–Trinajstić information content (AvgIpc) is 2.40. The molecular formula is C13H7F5N2O. The number of aromatic nitrogens is 1. The van der Waals surface area contributed by atoms with Crippen molar-refractivity contribution in [1.29, 1.82) is 0 Å². The van der Waals surface area contributed by atoms with Crippen LogP contribution in [0.5, 0.6) is 0 Å². The highest BCUT2D eigenvalue weighted by molar-refractivity contribution is 6.04. The third-order valence-electron chi connectivity index (χ3n) is 2.53. The van der Waals surface area contributed by atoms with Crippen molar-refractivity contribution in [1.82, 2.24) is 4.98 Å². The van der Waals surface area contributed by atoms with Crippen LogP contribution in [0.4, 0.5) is 27.6 Å². The number of amides is 1. The maximum Gasteiger partial charge on any atom is 0.416 e. The summed E-state index contributed by atoms with van der Waals surface area (Å²) in [6, 6.07) is 3.61. The molecule has 0 radical (unpaired) electrons. The van der Waals surface area contributed by atoms with Gasteiger partial charge in [0.1, 0.15) is 5.82 Å². The summed E-state index contributed by atoms with van der Waals surface area (Å²) in [6.45, 7) is 0. The van der Waals surface area contributed by atoms with Crippen LogP contribution in [0.25, 0.3) is 0 Å². The molecule has 1 heterocycles. The van der Waals surface area contributed by atoms with E-state index in [-0.39, 0.29) is 5.56 Å². The number of carbonyl (C=O) groups is 1. The van der Waals surface area contributed by atoms with E-state index in [0.717, 1.165) is 18.3 Å². The fourth-order valence-electron chi connectivity index (χ4n) is 1.50. The molecule has 2 rings (SSSR count). The fourth-order valence-corrected chi connectivity index (χ4v) is 1.50. The van der Waals surface area contributed by atoms with E-state index in [9.17, 15) is 26.7 Å². The first kappa shape index (κ1) is 14.9. The highest BCUT2D eigenvalue weighted by Crippen LogP contribution is 2.31. The Morgan fingerprint density at radius 3 is 2.38 bits per heavy atom. The lowest BCUT2D eigenvalue weighted by molar-refractivity contribution is -0.137. The first-order chi connectivity index (χ1) is 9.77. The molecule has 0 aliphatic rings. The number of carbonyl (C=O) groups excluding carboxylic acids is 1. The second kappa shape index (κ2) is 5.47.